The minimum absolute atomic E-state index is 0.199. The van der Waals surface area contributed by atoms with E-state index in [1.165, 1.54) is 23.3 Å². The summed E-state index contributed by atoms with van der Waals surface area (Å²) in [5.41, 5.74) is 0. The van der Waals surface area contributed by atoms with Crippen molar-refractivity contribution in [1.29, 1.82) is 0 Å². The highest BCUT2D eigenvalue weighted by molar-refractivity contribution is 8.00. The Labute approximate surface area is 133 Å². The SMILES string of the molecule is Cc1nsc(Sc2nnc(COc3ccc(Cl)cc3)o2)n1. The lowest BCUT2D eigenvalue weighted by molar-refractivity contribution is 0.252. The number of rotatable bonds is 5. The van der Waals surface area contributed by atoms with E-state index in [4.69, 9.17) is 20.8 Å². The maximum absolute atomic E-state index is 5.80. The van der Waals surface area contributed by atoms with Gasteiger partial charge in [-0.3, -0.25) is 0 Å². The highest BCUT2D eigenvalue weighted by Crippen LogP contribution is 2.27. The Morgan fingerprint density at radius 1 is 1.29 bits per heavy atom. The summed E-state index contributed by atoms with van der Waals surface area (Å²) in [5, 5.41) is 8.93. The largest absolute Gasteiger partial charge is 0.484 e. The summed E-state index contributed by atoms with van der Waals surface area (Å²) < 4.78 is 15.8. The topological polar surface area (TPSA) is 73.9 Å². The van der Waals surface area contributed by atoms with Crippen LogP contribution in [0.4, 0.5) is 0 Å². The fourth-order valence-electron chi connectivity index (χ4n) is 1.41. The van der Waals surface area contributed by atoms with Crippen LogP contribution < -0.4 is 4.74 Å². The van der Waals surface area contributed by atoms with Gasteiger partial charge in [0, 0.05) is 16.8 Å². The van der Waals surface area contributed by atoms with E-state index in [1.807, 2.05) is 6.92 Å². The van der Waals surface area contributed by atoms with Crippen LogP contribution in [0.5, 0.6) is 5.75 Å². The first-order chi connectivity index (χ1) is 10.2. The Balaban J connectivity index is 1.58. The zero-order valence-corrected chi connectivity index (χ0v) is 13.2. The van der Waals surface area contributed by atoms with Crippen molar-refractivity contribution in [2.45, 2.75) is 23.1 Å². The minimum Gasteiger partial charge on any atom is -0.484 e. The van der Waals surface area contributed by atoms with E-state index in [2.05, 4.69) is 19.6 Å². The van der Waals surface area contributed by atoms with Crippen molar-refractivity contribution >= 4 is 34.9 Å². The van der Waals surface area contributed by atoms with Crippen molar-refractivity contribution in [3.05, 3.63) is 41.0 Å². The molecular formula is C12H9ClN4O2S2. The van der Waals surface area contributed by atoms with Gasteiger partial charge in [-0.2, -0.15) is 4.37 Å². The van der Waals surface area contributed by atoms with Crippen molar-refractivity contribution in [1.82, 2.24) is 19.6 Å². The third-order valence-corrected chi connectivity index (χ3v) is 4.24. The Kier molecular flexibility index (Phi) is 4.37. The molecule has 1 aromatic carbocycles. The van der Waals surface area contributed by atoms with Crippen LogP contribution in [-0.2, 0) is 6.61 Å². The number of halogens is 1. The van der Waals surface area contributed by atoms with Crippen molar-refractivity contribution in [3.8, 4) is 5.75 Å². The lowest BCUT2D eigenvalue weighted by atomic mass is 10.3. The molecule has 0 N–H and O–H groups in total. The van der Waals surface area contributed by atoms with Gasteiger partial charge in [-0.15, -0.1) is 10.2 Å². The van der Waals surface area contributed by atoms with Crippen molar-refractivity contribution in [2.75, 3.05) is 0 Å². The zero-order chi connectivity index (χ0) is 14.7. The molecule has 0 saturated carbocycles. The number of ether oxygens (including phenoxy) is 1. The van der Waals surface area contributed by atoms with E-state index in [0.29, 0.717) is 21.9 Å². The number of benzene rings is 1. The van der Waals surface area contributed by atoms with E-state index in [-0.39, 0.29) is 6.61 Å². The second-order valence-corrected chi connectivity index (χ2v) is 6.30. The highest BCUT2D eigenvalue weighted by Gasteiger charge is 2.11. The van der Waals surface area contributed by atoms with Crippen LogP contribution in [-0.4, -0.2) is 19.6 Å². The normalized spacial score (nSPS) is 10.8. The summed E-state index contributed by atoms with van der Waals surface area (Å²) in [7, 11) is 0. The first-order valence-corrected chi connectivity index (χ1v) is 7.85. The summed E-state index contributed by atoms with van der Waals surface area (Å²) in [5.74, 6) is 1.81. The van der Waals surface area contributed by atoms with Gasteiger partial charge in [-0.1, -0.05) is 11.6 Å². The number of hydrogen-bond donors (Lipinski definition) is 0. The third-order valence-electron chi connectivity index (χ3n) is 2.31. The second kappa shape index (κ2) is 6.42. The van der Waals surface area contributed by atoms with Gasteiger partial charge in [-0.05, 0) is 42.7 Å². The molecule has 9 heteroatoms. The van der Waals surface area contributed by atoms with E-state index in [9.17, 15) is 0 Å². The lowest BCUT2D eigenvalue weighted by Crippen LogP contribution is -1.95. The molecule has 3 rings (SSSR count). The molecule has 0 fully saturated rings. The summed E-state index contributed by atoms with van der Waals surface area (Å²) in [6.45, 7) is 2.03. The molecule has 0 aliphatic carbocycles. The van der Waals surface area contributed by atoms with E-state index in [1.54, 1.807) is 24.3 Å². The highest BCUT2D eigenvalue weighted by atomic mass is 35.5. The molecular weight excluding hydrogens is 332 g/mol. The van der Waals surface area contributed by atoms with Gasteiger partial charge in [0.15, 0.2) is 10.9 Å². The van der Waals surface area contributed by atoms with Crippen LogP contribution in [0.3, 0.4) is 0 Å². The molecule has 2 aromatic heterocycles. The Hall–Kier alpha value is -1.64. The molecule has 0 saturated heterocycles. The summed E-state index contributed by atoms with van der Waals surface area (Å²) in [4.78, 5) is 4.22. The molecule has 0 spiro atoms. The van der Waals surface area contributed by atoms with E-state index < -0.39 is 0 Å². The quantitative estimate of drug-likeness (QED) is 0.702. The van der Waals surface area contributed by atoms with Crippen LogP contribution in [0.15, 0.2) is 38.2 Å². The second-order valence-electron chi connectivity index (χ2n) is 3.91. The maximum atomic E-state index is 5.80. The van der Waals surface area contributed by atoms with Gasteiger partial charge in [-0.25, -0.2) is 4.98 Å². The minimum atomic E-state index is 0.199. The zero-order valence-electron chi connectivity index (χ0n) is 10.8. The number of aryl methyl sites for hydroxylation is 1. The smallest absolute Gasteiger partial charge is 0.283 e. The Morgan fingerprint density at radius 3 is 2.81 bits per heavy atom. The number of aromatic nitrogens is 4. The summed E-state index contributed by atoms with van der Waals surface area (Å²) >= 11 is 8.38. The Bertz CT molecular complexity index is 729. The third kappa shape index (κ3) is 3.93. The average molecular weight is 341 g/mol. The van der Waals surface area contributed by atoms with Gasteiger partial charge in [0.2, 0.25) is 0 Å². The van der Waals surface area contributed by atoms with Crippen molar-refractivity contribution in [2.24, 2.45) is 0 Å². The van der Waals surface area contributed by atoms with Crippen molar-refractivity contribution < 1.29 is 9.15 Å². The van der Waals surface area contributed by atoms with E-state index in [0.717, 1.165) is 10.2 Å². The van der Waals surface area contributed by atoms with E-state index >= 15 is 0 Å². The molecule has 0 aliphatic rings. The number of nitrogens with zero attached hydrogens (tertiary/aromatic N) is 4. The molecule has 0 atom stereocenters. The first kappa shape index (κ1) is 14.3. The summed E-state index contributed by atoms with van der Waals surface area (Å²) in [6.07, 6.45) is 0. The average Bonchev–Trinajstić information content (AvgIpc) is 3.08. The molecule has 6 nitrogen and oxygen atoms in total. The van der Waals surface area contributed by atoms with Gasteiger partial charge in [0.25, 0.3) is 11.1 Å². The van der Waals surface area contributed by atoms with Gasteiger partial charge in [0.05, 0.1) is 0 Å². The predicted molar refractivity (Wildman–Crippen MR) is 78.9 cm³/mol. The molecule has 3 aromatic rings. The van der Waals surface area contributed by atoms with Gasteiger partial charge < -0.3 is 9.15 Å². The molecule has 21 heavy (non-hydrogen) atoms. The maximum Gasteiger partial charge on any atom is 0.283 e. The van der Waals surface area contributed by atoms with Crippen LogP contribution in [0.1, 0.15) is 11.7 Å². The molecule has 0 unspecified atom stereocenters. The van der Waals surface area contributed by atoms with Gasteiger partial charge >= 0.3 is 0 Å². The molecule has 2 heterocycles. The van der Waals surface area contributed by atoms with Crippen LogP contribution in [0.2, 0.25) is 5.02 Å². The molecule has 0 bridgehead atoms. The monoisotopic (exact) mass is 340 g/mol. The van der Waals surface area contributed by atoms with Crippen LogP contribution in [0, 0.1) is 6.92 Å². The Morgan fingerprint density at radius 2 is 2.10 bits per heavy atom. The number of hydrogen-bond acceptors (Lipinski definition) is 8. The lowest BCUT2D eigenvalue weighted by Gasteiger charge is -2.02. The molecule has 0 amide bonds. The first-order valence-electron chi connectivity index (χ1n) is 5.88. The summed E-state index contributed by atoms with van der Waals surface area (Å²) in [6, 6.07) is 7.06. The fourth-order valence-corrected chi connectivity index (χ4v) is 2.98. The predicted octanol–water partition coefficient (Wildman–Crippen LogP) is 3.61. The fraction of sp³-hybridized carbons (Fsp3) is 0.167. The van der Waals surface area contributed by atoms with Crippen LogP contribution >= 0.6 is 34.9 Å². The van der Waals surface area contributed by atoms with Crippen LogP contribution in [0.25, 0.3) is 0 Å². The molecule has 0 radical (unpaired) electrons. The standard InChI is InChI=1S/C12H9ClN4O2S2/c1-7-14-12(21-17-7)20-11-16-15-10(19-11)6-18-9-4-2-8(13)3-5-9/h2-5H,6H2,1H3. The molecule has 0 aliphatic heterocycles. The molecule has 108 valence electrons. The van der Waals surface area contributed by atoms with Gasteiger partial charge in [0.1, 0.15) is 11.6 Å². The van der Waals surface area contributed by atoms with Crippen molar-refractivity contribution in [3.63, 3.8) is 0 Å².